The number of anilines is 1. The molecule has 0 saturated heterocycles. The first kappa shape index (κ1) is 7.16. The van der Waals surface area contributed by atoms with Gasteiger partial charge in [0.05, 0.1) is 21.9 Å². The highest BCUT2D eigenvalue weighted by Crippen LogP contribution is 2.27. The third-order valence-electron chi connectivity index (χ3n) is 1.78. The Morgan fingerprint density at radius 2 is 1.85 bits per heavy atom. The summed E-state index contributed by atoms with van der Waals surface area (Å²) in [7, 11) is 0. The summed E-state index contributed by atoms with van der Waals surface area (Å²) in [5.41, 5.74) is 8.31. The van der Waals surface area contributed by atoms with Crippen LogP contribution in [0.3, 0.4) is 0 Å². The van der Waals surface area contributed by atoms with E-state index >= 15 is 0 Å². The van der Waals surface area contributed by atoms with Gasteiger partial charge in [-0.3, -0.25) is 0 Å². The van der Waals surface area contributed by atoms with Gasteiger partial charge in [0.15, 0.2) is 5.13 Å². The second kappa shape index (κ2) is 2.36. The summed E-state index contributed by atoms with van der Waals surface area (Å²) in [5, 5.41) is 0.589. The lowest BCUT2D eigenvalue weighted by atomic mass is 10.3. The molecule has 0 bridgehead atoms. The predicted octanol–water partition coefficient (Wildman–Crippen LogP) is 1.88. The van der Waals surface area contributed by atoms with Crippen LogP contribution >= 0.6 is 23.1 Å². The average Bonchev–Trinajstić information content (AvgIpc) is 2.63. The van der Waals surface area contributed by atoms with Crippen molar-refractivity contribution in [2.75, 3.05) is 5.73 Å². The number of hydrogen-bond acceptors (Lipinski definition) is 6. The van der Waals surface area contributed by atoms with Gasteiger partial charge in [-0.05, 0) is 12.1 Å². The third kappa shape index (κ3) is 0.991. The Labute approximate surface area is 81.4 Å². The first-order valence-corrected chi connectivity index (χ1v) is 5.16. The molecule has 13 heavy (non-hydrogen) atoms. The molecule has 0 aliphatic rings. The molecule has 3 aromatic rings. The van der Waals surface area contributed by atoms with Crippen molar-refractivity contribution in [3.63, 3.8) is 0 Å². The van der Waals surface area contributed by atoms with Crippen LogP contribution in [0, 0.1) is 0 Å². The molecule has 2 heterocycles. The lowest BCUT2D eigenvalue weighted by Gasteiger charge is -1.85. The quantitative estimate of drug-likeness (QED) is 0.612. The van der Waals surface area contributed by atoms with Crippen LogP contribution in [-0.4, -0.2) is 13.7 Å². The summed E-state index contributed by atoms with van der Waals surface area (Å²) in [5.74, 6) is 0. The molecule has 0 aliphatic carbocycles. The normalized spacial score (nSPS) is 11.4. The maximum Gasteiger partial charge on any atom is 0.181 e. The lowest BCUT2D eigenvalue weighted by molar-refractivity contribution is 1.50. The van der Waals surface area contributed by atoms with Gasteiger partial charge in [-0.2, -0.15) is 8.75 Å². The molecule has 0 unspecified atom stereocenters. The van der Waals surface area contributed by atoms with Gasteiger partial charge in [0.1, 0.15) is 11.0 Å². The van der Waals surface area contributed by atoms with E-state index in [1.54, 1.807) is 0 Å². The summed E-state index contributed by atoms with van der Waals surface area (Å²) >= 11 is 2.69. The topological polar surface area (TPSA) is 64.7 Å². The molecule has 0 fully saturated rings. The summed E-state index contributed by atoms with van der Waals surface area (Å²) in [6.07, 6.45) is 0. The van der Waals surface area contributed by atoms with Crippen LogP contribution in [0.15, 0.2) is 12.1 Å². The van der Waals surface area contributed by atoms with Gasteiger partial charge in [-0.15, -0.1) is 0 Å². The number of nitrogens with zero attached hydrogens (tertiary/aromatic N) is 3. The van der Waals surface area contributed by atoms with Crippen molar-refractivity contribution in [1.82, 2.24) is 13.7 Å². The van der Waals surface area contributed by atoms with Crippen LogP contribution in [0.4, 0.5) is 5.13 Å². The molecule has 0 radical (unpaired) electrons. The summed E-state index contributed by atoms with van der Waals surface area (Å²) < 4.78 is 9.35. The highest BCUT2D eigenvalue weighted by atomic mass is 32.1. The van der Waals surface area contributed by atoms with E-state index in [0.29, 0.717) is 5.13 Å². The zero-order chi connectivity index (χ0) is 8.84. The molecule has 4 nitrogen and oxygen atoms in total. The van der Waals surface area contributed by atoms with Gasteiger partial charge in [0, 0.05) is 0 Å². The van der Waals surface area contributed by atoms with Crippen molar-refractivity contribution in [3.05, 3.63) is 12.1 Å². The summed E-state index contributed by atoms with van der Waals surface area (Å²) in [6, 6.07) is 3.89. The zero-order valence-electron chi connectivity index (χ0n) is 6.39. The third-order valence-corrected chi connectivity index (χ3v) is 3.18. The van der Waals surface area contributed by atoms with E-state index in [1.807, 2.05) is 12.1 Å². The molecule has 0 atom stereocenters. The second-order valence-electron chi connectivity index (χ2n) is 2.62. The fourth-order valence-corrected chi connectivity index (χ4v) is 2.48. The maximum absolute atomic E-state index is 5.59. The van der Waals surface area contributed by atoms with Crippen molar-refractivity contribution in [2.24, 2.45) is 0 Å². The van der Waals surface area contributed by atoms with Crippen LogP contribution in [0.5, 0.6) is 0 Å². The number of rotatable bonds is 0. The van der Waals surface area contributed by atoms with Crippen molar-refractivity contribution < 1.29 is 0 Å². The smallest absolute Gasteiger partial charge is 0.181 e. The monoisotopic (exact) mass is 208 g/mol. The second-order valence-corrected chi connectivity index (χ2v) is 4.22. The molecular weight excluding hydrogens is 204 g/mol. The minimum atomic E-state index is 0.589. The molecule has 2 N–H and O–H groups in total. The Hall–Kier alpha value is -1.27. The van der Waals surface area contributed by atoms with E-state index in [2.05, 4.69) is 13.7 Å². The number of aromatic nitrogens is 3. The first-order chi connectivity index (χ1) is 6.33. The lowest BCUT2D eigenvalue weighted by Crippen LogP contribution is -1.79. The number of benzene rings is 1. The minimum absolute atomic E-state index is 0.589. The van der Waals surface area contributed by atoms with E-state index in [1.165, 1.54) is 23.1 Å². The van der Waals surface area contributed by atoms with E-state index < -0.39 is 0 Å². The summed E-state index contributed by atoms with van der Waals surface area (Å²) in [6.45, 7) is 0. The van der Waals surface area contributed by atoms with Gasteiger partial charge in [-0.25, -0.2) is 4.98 Å². The molecule has 1 aromatic carbocycles. The van der Waals surface area contributed by atoms with E-state index in [4.69, 9.17) is 5.73 Å². The van der Waals surface area contributed by atoms with Crippen LogP contribution in [0.1, 0.15) is 0 Å². The molecule has 64 valence electrons. The number of hydrogen-bond donors (Lipinski definition) is 1. The van der Waals surface area contributed by atoms with E-state index in [0.717, 1.165) is 21.3 Å². The van der Waals surface area contributed by atoms with E-state index in [-0.39, 0.29) is 0 Å². The molecule has 3 rings (SSSR count). The van der Waals surface area contributed by atoms with Gasteiger partial charge >= 0.3 is 0 Å². The van der Waals surface area contributed by atoms with Gasteiger partial charge < -0.3 is 5.73 Å². The summed E-state index contributed by atoms with van der Waals surface area (Å²) in [4.78, 5) is 4.18. The molecule has 0 amide bonds. The van der Waals surface area contributed by atoms with Crippen LogP contribution in [0.2, 0.25) is 0 Å². The maximum atomic E-state index is 5.59. The van der Waals surface area contributed by atoms with Gasteiger partial charge in [0.2, 0.25) is 0 Å². The first-order valence-electron chi connectivity index (χ1n) is 3.61. The van der Waals surface area contributed by atoms with Gasteiger partial charge in [-0.1, -0.05) is 11.3 Å². The Bertz CT molecular complexity index is 534. The number of fused-ring (bicyclic) bond motifs is 2. The minimum Gasteiger partial charge on any atom is -0.375 e. The highest BCUT2D eigenvalue weighted by molar-refractivity contribution is 7.22. The Morgan fingerprint density at radius 3 is 2.69 bits per heavy atom. The highest BCUT2D eigenvalue weighted by Gasteiger charge is 2.05. The fourth-order valence-electron chi connectivity index (χ4n) is 1.22. The largest absolute Gasteiger partial charge is 0.375 e. The standard InChI is InChI=1S/C7H4N4S2/c8-7-9-5-1-3-4(11-13-10-3)2-6(5)12-7/h1-2H,(H2,8,9). The number of nitrogen functional groups attached to an aromatic ring is 1. The number of thiazole rings is 1. The Morgan fingerprint density at radius 1 is 1.08 bits per heavy atom. The predicted molar refractivity (Wildman–Crippen MR) is 55.0 cm³/mol. The van der Waals surface area contributed by atoms with Crippen molar-refractivity contribution in [2.45, 2.75) is 0 Å². The Kier molecular flexibility index (Phi) is 1.30. The van der Waals surface area contributed by atoms with Crippen LogP contribution in [-0.2, 0) is 0 Å². The van der Waals surface area contributed by atoms with E-state index in [9.17, 15) is 0 Å². The molecule has 0 spiro atoms. The molecule has 2 aromatic heterocycles. The average molecular weight is 208 g/mol. The van der Waals surface area contributed by atoms with Gasteiger partial charge in [0.25, 0.3) is 0 Å². The Balaban J connectivity index is 2.54. The van der Waals surface area contributed by atoms with Crippen LogP contribution in [0.25, 0.3) is 21.3 Å². The molecule has 0 saturated carbocycles. The van der Waals surface area contributed by atoms with Crippen molar-refractivity contribution in [3.8, 4) is 0 Å². The van der Waals surface area contributed by atoms with Crippen molar-refractivity contribution in [1.29, 1.82) is 0 Å². The number of nitrogens with two attached hydrogens (primary N) is 1. The zero-order valence-corrected chi connectivity index (χ0v) is 8.02. The van der Waals surface area contributed by atoms with Crippen molar-refractivity contribution >= 4 is 49.4 Å². The SMILES string of the molecule is Nc1nc2cc3nsnc3cc2s1. The molecule has 0 aliphatic heterocycles. The van der Waals surface area contributed by atoms with Crippen LogP contribution < -0.4 is 5.73 Å². The molecular formula is C7H4N4S2. The fraction of sp³-hybridized carbons (Fsp3) is 0. The molecule has 6 heteroatoms.